The van der Waals surface area contributed by atoms with Crippen LogP contribution in [0.3, 0.4) is 0 Å². The van der Waals surface area contributed by atoms with Gasteiger partial charge in [-0.15, -0.1) is 0 Å². The van der Waals surface area contributed by atoms with E-state index in [-0.39, 0.29) is 11.8 Å². The summed E-state index contributed by atoms with van der Waals surface area (Å²) in [5.41, 5.74) is 3.87. The van der Waals surface area contributed by atoms with E-state index in [2.05, 4.69) is 19.1 Å². The Bertz CT molecular complexity index is 778. The number of amides is 2. The highest BCUT2D eigenvalue weighted by atomic mass is 16.5. The van der Waals surface area contributed by atoms with Crippen LogP contribution in [0.5, 0.6) is 11.5 Å². The molecule has 2 aromatic carbocycles. The van der Waals surface area contributed by atoms with Crippen molar-refractivity contribution in [2.24, 2.45) is 0 Å². The molecule has 0 bridgehead atoms. The summed E-state index contributed by atoms with van der Waals surface area (Å²) in [6.45, 7) is 6.07. The van der Waals surface area contributed by atoms with Gasteiger partial charge in [-0.2, -0.15) is 0 Å². The number of aryl methyl sites for hydroxylation is 3. The predicted molar refractivity (Wildman–Crippen MR) is 88.8 cm³/mol. The molecule has 4 heteroatoms. The van der Waals surface area contributed by atoms with Crippen LogP contribution >= 0.6 is 0 Å². The molecule has 116 valence electrons. The van der Waals surface area contributed by atoms with E-state index in [1.807, 2.05) is 13.8 Å². The van der Waals surface area contributed by atoms with Crippen molar-refractivity contribution in [3.8, 4) is 11.5 Å². The molecule has 0 unspecified atom stereocenters. The van der Waals surface area contributed by atoms with Gasteiger partial charge in [0.25, 0.3) is 11.8 Å². The molecule has 4 nitrogen and oxygen atoms in total. The van der Waals surface area contributed by atoms with Crippen LogP contribution in [-0.4, -0.2) is 11.8 Å². The molecular weight excluding hydrogens is 290 g/mol. The lowest BCUT2D eigenvalue weighted by molar-refractivity contribution is -0.119. The fourth-order valence-electron chi connectivity index (χ4n) is 2.76. The fourth-order valence-corrected chi connectivity index (χ4v) is 2.76. The first-order valence-electron chi connectivity index (χ1n) is 7.37. The molecular formula is C19H17NO3. The van der Waals surface area contributed by atoms with E-state index in [4.69, 9.17) is 4.74 Å². The first-order valence-corrected chi connectivity index (χ1v) is 7.37. The molecule has 2 aromatic rings. The van der Waals surface area contributed by atoms with Gasteiger partial charge in [-0.25, -0.2) is 4.90 Å². The number of anilines is 1. The topological polar surface area (TPSA) is 46.6 Å². The highest BCUT2D eigenvalue weighted by Gasteiger charge is 2.24. The first-order chi connectivity index (χ1) is 11.0. The van der Waals surface area contributed by atoms with Gasteiger partial charge in [-0.1, -0.05) is 17.7 Å². The summed E-state index contributed by atoms with van der Waals surface area (Å²) in [5.74, 6) is 0.844. The fraction of sp³-hybridized carbons (Fsp3) is 0.158. The SMILES string of the molecule is Cc1cc(C)c(Oc2ccc(N3C(=O)C=CC3=O)cc2)c(C)c1. The van der Waals surface area contributed by atoms with E-state index < -0.39 is 0 Å². The van der Waals surface area contributed by atoms with Crippen molar-refractivity contribution in [3.05, 3.63) is 65.2 Å². The van der Waals surface area contributed by atoms with E-state index in [1.54, 1.807) is 24.3 Å². The maximum Gasteiger partial charge on any atom is 0.258 e. The largest absolute Gasteiger partial charge is 0.457 e. The maximum absolute atomic E-state index is 11.7. The number of hydrogen-bond donors (Lipinski definition) is 0. The molecule has 3 rings (SSSR count). The molecule has 0 saturated heterocycles. The van der Waals surface area contributed by atoms with Crippen molar-refractivity contribution in [1.29, 1.82) is 0 Å². The molecule has 2 amide bonds. The average Bonchev–Trinajstić information content (AvgIpc) is 2.83. The minimum Gasteiger partial charge on any atom is -0.457 e. The van der Waals surface area contributed by atoms with Crippen LogP contribution in [0, 0.1) is 20.8 Å². The molecule has 23 heavy (non-hydrogen) atoms. The van der Waals surface area contributed by atoms with E-state index in [0.29, 0.717) is 11.4 Å². The third-order valence-corrected chi connectivity index (χ3v) is 3.73. The number of ether oxygens (including phenoxy) is 1. The number of rotatable bonds is 3. The van der Waals surface area contributed by atoms with Gasteiger partial charge in [0.2, 0.25) is 0 Å². The van der Waals surface area contributed by atoms with E-state index in [1.165, 1.54) is 17.7 Å². The zero-order valence-corrected chi connectivity index (χ0v) is 13.3. The van der Waals surface area contributed by atoms with Crippen LogP contribution in [0.2, 0.25) is 0 Å². The lowest BCUT2D eigenvalue weighted by Gasteiger charge is -2.16. The highest BCUT2D eigenvalue weighted by Crippen LogP contribution is 2.31. The van der Waals surface area contributed by atoms with Gasteiger partial charge in [-0.05, 0) is 56.2 Å². The van der Waals surface area contributed by atoms with Crippen LogP contribution in [0.25, 0.3) is 0 Å². The first kappa shape index (κ1) is 15.0. The summed E-state index contributed by atoms with van der Waals surface area (Å²) >= 11 is 0. The van der Waals surface area contributed by atoms with E-state index in [0.717, 1.165) is 21.8 Å². The Balaban J connectivity index is 1.84. The van der Waals surface area contributed by atoms with Crippen molar-refractivity contribution in [2.45, 2.75) is 20.8 Å². The zero-order chi connectivity index (χ0) is 16.6. The molecule has 0 saturated carbocycles. The normalized spacial score (nSPS) is 13.8. The van der Waals surface area contributed by atoms with Crippen LogP contribution in [0.1, 0.15) is 16.7 Å². The zero-order valence-electron chi connectivity index (χ0n) is 13.3. The number of nitrogens with zero attached hydrogens (tertiary/aromatic N) is 1. The Morgan fingerprint density at radius 2 is 1.35 bits per heavy atom. The Kier molecular flexibility index (Phi) is 3.74. The lowest BCUT2D eigenvalue weighted by atomic mass is 10.1. The molecule has 0 spiro atoms. The van der Waals surface area contributed by atoms with Crippen molar-refractivity contribution < 1.29 is 14.3 Å². The Labute approximate surface area is 135 Å². The highest BCUT2D eigenvalue weighted by molar-refractivity contribution is 6.28. The Morgan fingerprint density at radius 3 is 1.87 bits per heavy atom. The molecule has 0 atom stereocenters. The third kappa shape index (κ3) is 2.88. The summed E-state index contributed by atoms with van der Waals surface area (Å²) in [6.07, 6.45) is 2.54. The van der Waals surface area contributed by atoms with Gasteiger partial charge < -0.3 is 4.74 Å². The van der Waals surface area contributed by atoms with Crippen LogP contribution < -0.4 is 9.64 Å². The molecule has 1 heterocycles. The molecule has 1 aliphatic heterocycles. The third-order valence-electron chi connectivity index (χ3n) is 3.73. The molecule has 1 aliphatic rings. The Morgan fingerprint density at radius 1 is 0.826 bits per heavy atom. The van der Waals surface area contributed by atoms with Gasteiger partial charge in [-0.3, -0.25) is 9.59 Å². The summed E-state index contributed by atoms with van der Waals surface area (Å²) in [4.78, 5) is 24.5. The number of carbonyl (C=O) groups excluding carboxylic acids is 2. The minimum atomic E-state index is -0.325. The number of hydrogen-bond acceptors (Lipinski definition) is 3. The maximum atomic E-state index is 11.7. The second kappa shape index (κ2) is 5.72. The van der Waals surface area contributed by atoms with Crippen LogP contribution in [0.15, 0.2) is 48.6 Å². The Hall–Kier alpha value is -2.88. The van der Waals surface area contributed by atoms with Gasteiger partial charge >= 0.3 is 0 Å². The van der Waals surface area contributed by atoms with Crippen molar-refractivity contribution in [1.82, 2.24) is 0 Å². The molecule has 0 fully saturated rings. The van der Waals surface area contributed by atoms with Gasteiger partial charge in [0.15, 0.2) is 0 Å². The summed E-state index contributed by atoms with van der Waals surface area (Å²) < 4.78 is 5.96. The van der Waals surface area contributed by atoms with Crippen LogP contribution in [-0.2, 0) is 9.59 Å². The predicted octanol–water partition coefficient (Wildman–Crippen LogP) is 3.83. The van der Waals surface area contributed by atoms with Gasteiger partial charge in [0.1, 0.15) is 11.5 Å². The molecule has 0 aromatic heterocycles. The molecule has 0 radical (unpaired) electrons. The van der Waals surface area contributed by atoms with Crippen molar-refractivity contribution >= 4 is 17.5 Å². The monoisotopic (exact) mass is 307 g/mol. The van der Waals surface area contributed by atoms with Gasteiger partial charge in [0, 0.05) is 12.2 Å². The second-order valence-corrected chi connectivity index (χ2v) is 5.67. The smallest absolute Gasteiger partial charge is 0.258 e. The molecule has 0 N–H and O–H groups in total. The quantitative estimate of drug-likeness (QED) is 0.810. The summed E-state index contributed by atoms with van der Waals surface area (Å²) in [7, 11) is 0. The minimum absolute atomic E-state index is 0.325. The van der Waals surface area contributed by atoms with E-state index >= 15 is 0 Å². The van der Waals surface area contributed by atoms with E-state index in [9.17, 15) is 9.59 Å². The standard InChI is InChI=1S/C19H17NO3/c1-12-10-13(2)19(14(3)11-12)23-16-6-4-15(5-7-16)20-17(21)8-9-18(20)22/h4-11H,1-3H3. The summed E-state index contributed by atoms with van der Waals surface area (Å²) in [6, 6.07) is 11.1. The van der Waals surface area contributed by atoms with Crippen LogP contribution in [0.4, 0.5) is 5.69 Å². The number of carbonyl (C=O) groups is 2. The average molecular weight is 307 g/mol. The van der Waals surface area contributed by atoms with Gasteiger partial charge in [0.05, 0.1) is 5.69 Å². The van der Waals surface area contributed by atoms with Crippen molar-refractivity contribution in [2.75, 3.05) is 4.90 Å². The number of benzene rings is 2. The second-order valence-electron chi connectivity index (χ2n) is 5.67. The molecule has 0 aliphatic carbocycles. The van der Waals surface area contributed by atoms with Crippen molar-refractivity contribution in [3.63, 3.8) is 0 Å². The number of imide groups is 1. The summed E-state index contributed by atoms with van der Waals surface area (Å²) in [5, 5.41) is 0. The lowest BCUT2D eigenvalue weighted by Crippen LogP contribution is -2.29.